The summed E-state index contributed by atoms with van der Waals surface area (Å²) in [6, 6.07) is 15.2. The highest BCUT2D eigenvalue weighted by molar-refractivity contribution is 5.90. The van der Waals surface area contributed by atoms with Crippen molar-refractivity contribution in [2.24, 2.45) is 0 Å². The molecule has 0 radical (unpaired) electrons. The second kappa shape index (κ2) is 9.08. The molecule has 0 saturated heterocycles. The van der Waals surface area contributed by atoms with Crippen molar-refractivity contribution >= 4 is 11.7 Å². The van der Waals surface area contributed by atoms with Gasteiger partial charge in [-0.1, -0.05) is 30.3 Å². The van der Waals surface area contributed by atoms with Crippen molar-refractivity contribution in [2.45, 2.75) is 19.4 Å². The standard InChI is InChI=1S/C20H26N2O3/c1-4-24-19-13-16(10-11-18(19)21)20(23)25-14-17(22(2)3)12-15-8-6-5-7-9-15/h5-11,13,17H,4,12,14,21H2,1-3H3/t17-/m0/s1. The Labute approximate surface area is 149 Å². The summed E-state index contributed by atoms with van der Waals surface area (Å²) in [6.07, 6.45) is 0.813. The summed E-state index contributed by atoms with van der Waals surface area (Å²) in [5.74, 6) is 0.131. The number of nitrogen functional groups attached to an aromatic ring is 1. The van der Waals surface area contributed by atoms with Crippen LogP contribution in [0.4, 0.5) is 5.69 Å². The second-order valence-corrected chi connectivity index (χ2v) is 6.09. The van der Waals surface area contributed by atoms with Gasteiger partial charge in [0.25, 0.3) is 0 Å². The van der Waals surface area contributed by atoms with Gasteiger partial charge in [0.1, 0.15) is 12.4 Å². The van der Waals surface area contributed by atoms with Crippen LogP contribution in [0, 0.1) is 0 Å². The van der Waals surface area contributed by atoms with Crippen LogP contribution in [0.5, 0.6) is 5.75 Å². The molecule has 1 atom stereocenters. The van der Waals surface area contributed by atoms with E-state index in [2.05, 4.69) is 17.0 Å². The van der Waals surface area contributed by atoms with E-state index < -0.39 is 0 Å². The third-order valence-corrected chi connectivity index (χ3v) is 4.00. The zero-order valence-corrected chi connectivity index (χ0v) is 15.1. The Balaban J connectivity index is 2.00. The molecule has 0 aromatic heterocycles. The molecule has 0 unspecified atom stereocenters. The fourth-order valence-electron chi connectivity index (χ4n) is 2.47. The maximum Gasteiger partial charge on any atom is 0.338 e. The van der Waals surface area contributed by atoms with E-state index in [9.17, 15) is 4.79 Å². The molecular weight excluding hydrogens is 316 g/mol. The minimum Gasteiger partial charge on any atom is -0.492 e. The maximum absolute atomic E-state index is 12.4. The predicted octanol–water partition coefficient (Wildman–Crippen LogP) is 3.00. The van der Waals surface area contributed by atoms with Gasteiger partial charge in [0.2, 0.25) is 0 Å². The van der Waals surface area contributed by atoms with Crippen LogP contribution in [0.25, 0.3) is 0 Å². The summed E-state index contributed by atoms with van der Waals surface area (Å²) in [4.78, 5) is 14.4. The van der Waals surface area contributed by atoms with Crippen LogP contribution in [0.2, 0.25) is 0 Å². The number of anilines is 1. The number of likely N-dealkylation sites (N-methyl/N-ethyl adjacent to an activating group) is 1. The fraction of sp³-hybridized carbons (Fsp3) is 0.350. The highest BCUT2D eigenvalue weighted by Gasteiger charge is 2.17. The molecule has 2 N–H and O–H groups in total. The van der Waals surface area contributed by atoms with Gasteiger partial charge in [0.05, 0.1) is 17.9 Å². The van der Waals surface area contributed by atoms with Crippen LogP contribution in [0.3, 0.4) is 0 Å². The molecule has 0 bridgehead atoms. The fourth-order valence-corrected chi connectivity index (χ4v) is 2.47. The third kappa shape index (κ3) is 5.50. The minimum absolute atomic E-state index is 0.103. The zero-order valence-electron chi connectivity index (χ0n) is 15.1. The molecule has 2 rings (SSSR count). The van der Waals surface area contributed by atoms with Crippen molar-refractivity contribution in [3.63, 3.8) is 0 Å². The summed E-state index contributed by atoms with van der Waals surface area (Å²) in [6.45, 7) is 2.67. The van der Waals surface area contributed by atoms with Crippen molar-refractivity contribution < 1.29 is 14.3 Å². The zero-order chi connectivity index (χ0) is 18.2. The number of nitrogens with two attached hydrogens (primary N) is 1. The monoisotopic (exact) mass is 342 g/mol. The Morgan fingerprint density at radius 1 is 1.16 bits per heavy atom. The lowest BCUT2D eigenvalue weighted by molar-refractivity contribution is 0.0400. The van der Waals surface area contributed by atoms with Crippen LogP contribution in [0.15, 0.2) is 48.5 Å². The summed E-state index contributed by atoms with van der Waals surface area (Å²) in [7, 11) is 3.97. The normalized spacial score (nSPS) is 12.0. The van der Waals surface area contributed by atoms with Gasteiger partial charge in [0, 0.05) is 6.04 Å². The van der Waals surface area contributed by atoms with Gasteiger partial charge in [0.15, 0.2) is 0 Å². The first-order valence-electron chi connectivity index (χ1n) is 8.41. The van der Waals surface area contributed by atoms with Gasteiger partial charge in [-0.05, 0) is 51.2 Å². The first-order chi connectivity index (χ1) is 12.0. The molecule has 0 spiro atoms. The number of esters is 1. The third-order valence-electron chi connectivity index (χ3n) is 4.00. The van der Waals surface area contributed by atoms with Crippen molar-refractivity contribution in [1.29, 1.82) is 0 Å². The summed E-state index contributed by atoms with van der Waals surface area (Å²) >= 11 is 0. The molecule has 0 fully saturated rings. The predicted molar refractivity (Wildman–Crippen MR) is 99.9 cm³/mol. The number of hydrogen-bond acceptors (Lipinski definition) is 5. The van der Waals surface area contributed by atoms with E-state index in [0.29, 0.717) is 30.2 Å². The number of ether oxygens (including phenoxy) is 2. The second-order valence-electron chi connectivity index (χ2n) is 6.09. The van der Waals surface area contributed by atoms with Gasteiger partial charge in [-0.25, -0.2) is 4.79 Å². The number of hydrogen-bond donors (Lipinski definition) is 1. The molecule has 2 aromatic rings. The highest BCUT2D eigenvalue weighted by Crippen LogP contribution is 2.23. The smallest absolute Gasteiger partial charge is 0.338 e. The molecule has 5 nitrogen and oxygen atoms in total. The Bertz CT molecular complexity index is 687. The lowest BCUT2D eigenvalue weighted by Gasteiger charge is -2.24. The van der Waals surface area contributed by atoms with E-state index in [1.165, 1.54) is 5.56 Å². The topological polar surface area (TPSA) is 64.8 Å². The summed E-state index contributed by atoms with van der Waals surface area (Å²) in [5.41, 5.74) is 8.00. The molecule has 0 aliphatic carbocycles. The molecule has 5 heteroatoms. The Kier molecular flexibility index (Phi) is 6.83. The van der Waals surface area contributed by atoms with E-state index in [4.69, 9.17) is 15.2 Å². The van der Waals surface area contributed by atoms with Crippen LogP contribution in [-0.2, 0) is 11.2 Å². The molecule has 0 aliphatic rings. The van der Waals surface area contributed by atoms with Gasteiger partial charge in [-0.15, -0.1) is 0 Å². The number of carbonyl (C=O) groups excluding carboxylic acids is 1. The first-order valence-corrected chi connectivity index (χ1v) is 8.41. The van der Waals surface area contributed by atoms with E-state index in [1.807, 2.05) is 39.2 Å². The lowest BCUT2D eigenvalue weighted by Crippen LogP contribution is -2.35. The molecule has 0 amide bonds. The number of nitrogens with zero attached hydrogens (tertiary/aromatic N) is 1. The van der Waals surface area contributed by atoms with Crippen molar-refractivity contribution in [2.75, 3.05) is 33.0 Å². The van der Waals surface area contributed by atoms with E-state index in [0.717, 1.165) is 6.42 Å². The van der Waals surface area contributed by atoms with Crippen molar-refractivity contribution in [3.8, 4) is 5.75 Å². The van der Waals surface area contributed by atoms with Gasteiger partial charge in [-0.2, -0.15) is 0 Å². The molecule has 134 valence electrons. The van der Waals surface area contributed by atoms with Crippen LogP contribution in [-0.4, -0.2) is 44.2 Å². The van der Waals surface area contributed by atoms with Crippen LogP contribution in [0.1, 0.15) is 22.8 Å². The Morgan fingerprint density at radius 2 is 1.88 bits per heavy atom. The molecule has 0 aliphatic heterocycles. The highest BCUT2D eigenvalue weighted by atomic mass is 16.5. The van der Waals surface area contributed by atoms with E-state index in [1.54, 1.807) is 18.2 Å². The summed E-state index contributed by atoms with van der Waals surface area (Å²) < 4.78 is 10.9. The molecule has 0 heterocycles. The minimum atomic E-state index is -0.374. The number of carbonyl (C=O) groups is 1. The lowest BCUT2D eigenvalue weighted by atomic mass is 10.1. The molecule has 0 saturated carbocycles. The van der Waals surface area contributed by atoms with Gasteiger partial charge >= 0.3 is 5.97 Å². The van der Waals surface area contributed by atoms with E-state index in [-0.39, 0.29) is 12.0 Å². The number of benzene rings is 2. The summed E-state index contributed by atoms with van der Waals surface area (Å²) in [5, 5.41) is 0. The van der Waals surface area contributed by atoms with Crippen molar-refractivity contribution in [1.82, 2.24) is 4.90 Å². The maximum atomic E-state index is 12.4. The van der Waals surface area contributed by atoms with Crippen LogP contribution >= 0.6 is 0 Å². The SMILES string of the molecule is CCOc1cc(C(=O)OC[C@H](Cc2ccccc2)N(C)C)ccc1N. The molecule has 2 aromatic carbocycles. The van der Waals surface area contributed by atoms with Gasteiger partial charge in [-0.3, -0.25) is 0 Å². The number of rotatable bonds is 8. The average Bonchev–Trinajstić information content (AvgIpc) is 2.61. The molecule has 25 heavy (non-hydrogen) atoms. The largest absolute Gasteiger partial charge is 0.492 e. The van der Waals surface area contributed by atoms with Crippen molar-refractivity contribution in [3.05, 3.63) is 59.7 Å². The molecular formula is C20H26N2O3. The average molecular weight is 342 g/mol. The Morgan fingerprint density at radius 3 is 2.52 bits per heavy atom. The van der Waals surface area contributed by atoms with Gasteiger partial charge < -0.3 is 20.1 Å². The van der Waals surface area contributed by atoms with Crippen LogP contribution < -0.4 is 10.5 Å². The Hall–Kier alpha value is -2.53. The van der Waals surface area contributed by atoms with E-state index >= 15 is 0 Å². The first kappa shape index (κ1) is 18.8. The quantitative estimate of drug-likeness (QED) is 0.590.